The van der Waals surface area contributed by atoms with Gasteiger partial charge in [-0.05, 0) is 13.0 Å². The highest BCUT2D eigenvalue weighted by atomic mass is 16.5. The summed E-state index contributed by atoms with van der Waals surface area (Å²) >= 11 is 0. The summed E-state index contributed by atoms with van der Waals surface area (Å²) in [6, 6.07) is 1.96. The van der Waals surface area contributed by atoms with E-state index in [1.807, 2.05) is 11.0 Å². The number of amides is 1. The van der Waals surface area contributed by atoms with Crippen molar-refractivity contribution in [2.45, 2.75) is 19.1 Å². The maximum atomic E-state index is 12.8. The van der Waals surface area contributed by atoms with E-state index in [-0.39, 0.29) is 5.91 Å². The molecule has 1 N–H and O–H groups in total. The fraction of sp³-hybridized carbons (Fsp3) is 0.588. The van der Waals surface area contributed by atoms with E-state index in [0.29, 0.717) is 50.7 Å². The number of ether oxygens (including phenoxy) is 2. The molecule has 0 bridgehead atoms. The Hall–Kier alpha value is -2.23. The molecule has 0 radical (unpaired) electrons. The highest BCUT2D eigenvalue weighted by Crippen LogP contribution is 2.25. The molecule has 2 fully saturated rings. The van der Waals surface area contributed by atoms with Crippen molar-refractivity contribution in [1.82, 2.24) is 25.2 Å². The largest absolute Gasteiger partial charge is 0.377 e. The number of aromatic amines is 1. The van der Waals surface area contributed by atoms with E-state index < -0.39 is 5.60 Å². The molecule has 2 aliphatic heterocycles. The van der Waals surface area contributed by atoms with Crippen LogP contribution in [0.15, 0.2) is 23.0 Å². The van der Waals surface area contributed by atoms with Crippen molar-refractivity contribution in [3.63, 3.8) is 0 Å². The van der Waals surface area contributed by atoms with E-state index in [1.165, 1.54) is 6.26 Å². The van der Waals surface area contributed by atoms with Crippen LogP contribution < -0.4 is 0 Å². The first-order valence-corrected chi connectivity index (χ1v) is 8.78. The molecule has 2 aliphatic rings. The zero-order valence-electron chi connectivity index (χ0n) is 14.8. The third-order valence-electron chi connectivity index (χ3n) is 4.90. The van der Waals surface area contributed by atoms with Gasteiger partial charge >= 0.3 is 0 Å². The van der Waals surface area contributed by atoms with Crippen molar-refractivity contribution >= 4 is 5.91 Å². The number of nitrogens with zero attached hydrogens (tertiary/aromatic N) is 4. The standard InChI is InChI=1S/C17H23N5O4/c1-13-15(9-26-20-13)16(23)22-5-7-25-17(11-22)10-21(4-6-24-12-17)8-14-2-3-18-19-14/h2-3,9H,4-8,10-12H2,1H3,(H,18,19). The molecule has 9 nitrogen and oxygen atoms in total. The smallest absolute Gasteiger partial charge is 0.259 e. The topological polar surface area (TPSA) is 96.7 Å². The number of carbonyl (C=O) groups is 1. The Balaban J connectivity index is 1.48. The number of hydrogen-bond acceptors (Lipinski definition) is 7. The van der Waals surface area contributed by atoms with Gasteiger partial charge in [0.15, 0.2) is 0 Å². The molecule has 2 saturated heterocycles. The van der Waals surface area contributed by atoms with Gasteiger partial charge in [0.2, 0.25) is 0 Å². The zero-order valence-corrected chi connectivity index (χ0v) is 14.8. The number of morpholine rings is 1. The maximum absolute atomic E-state index is 12.8. The minimum Gasteiger partial charge on any atom is -0.377 e. The van der Waals surface area contributed by atoms with Crippen LogP contribution in [0.1, 0.15) is 21.7 Å². The van der Waals surface area contributed by atoms with Gasteiger partial charge in [-0.15, -0.1) is 0 Å². The summed E-state index contributed by atoms with van der Waals surface area (Å²) in [5.41, 5.74) is 1.63. The predicted molar refractivity (Wildman–Crippen MR) is 90.5 cm³/mol. The predicted octanol–water partition coefficient (Wildman–Crippen LogP) is 0.450. The van der Waals surface area contributed by atoms with E-state index in [2.05, 4.69) is 20.3 Å². The Labute approximate surface area is 151 Å². The SMILES string of the molecule is Cc1nocc1C(=O)N1CCOC2(COCCN(Cc3ccn[nH]3)C2)C1. The van der Waals surface area contributed by atoms with Crippen molar-refractivity contribution in [2.24, 2.45) is 0 Å². The molecule has 0 aromatic carbocycles. The third-order valence-corrected chi connectivity index (χ3v) is 4.90. The van der Waals surface area contributed by atoms with Gasteiger partial charge in [0, 0.05) is 38.1 Å². The molecular weight excluding hydrogens is 338 g/mol. The van der Waals surface area contributed by atoms with Crippen molar-refractivity contribution in [3.05, 3.63) is 35.5 Å². The highest BCUT2D eigenvalue weighted by Gasteiger charge is 2.42. The van der Waals surface area contributed by atoms with Crippen molar-refractivity contribution in [1.29, 1.82) is 0 Å². The van der Waals surface area contributed by atoms with Gasteiger partial charge in [-0.2, -0.15) is 5.10 Å². The van der Waals surface area contributed by atoms with Gasteiger partial charge in [0.05, 0.1) is 32.1 Å². The van der Waals surface area contributed by atoms with Gasteiger partial charge in [-0.25, -0.2) is 0 Å². The first kappa shape index (κ1) is 17.2. The average Bonchev–Trinajstić information content (AvgIpc) is 3.26. The Bertz CT molecular complexity index is 746. The normalized spacial score (nSPS) is 24.7. The van der Waals surface area contributed by atoms with Gasteiger partial charge in [0.1, 0.15) is 17.4 Å². The number of nitrogens with one attached hydrogen (secondary N) is 1. The quantitative estimate of drug-likeness (QED) is 0.848. The Morgan fingerprint density at radius 1 is 1.35 bits per heavy atom. The number of rotatable bonds is 3. The van der Waals surface area contributed by atoms with E-state index in [0.717, 1.165) is 18.8 Å². The molecule has 140 valence electrons. The monoisotopic (exact) mass is 361 g/mol. The Morgan fingerprint density at radius 3 is 3.04 bits per heavy atom. The fourth-order valence-corrected chi connectivity index (χ4v) is 3.60. The first-order chi connectivity index (χ1) is 12.7. The third kappa shape index (κ3) is 3.50. The molecule has 2 aromatic heterocycles. The zero-order chi connectivity index (χ0) is 18.0. The summed E-state index contributed by atoms with van der Waals surface area (Å²) in [7, 11) is 0. The first-order valence-electron chi connectivity index (χ1n) is 8.78. The van der Waals surface area contributed by atoms with Crippen LogP contribution >= 0.6 is 0 Å². The van der Waals surface area contributed by atoms with Crippen LogP contribution in [0.3, 0.4) is 0 Å². The van der Waals surface area contributed by atoms with Crippen LogP contribution in [-0.2, 0) is 16.0 Å². The van der Waals surface area contributed by atoms with Crippen LogP contribution in [0, 0.1) is 6.92 Å². The minimum absolute atomic E-state index is 0.0733. The van der Waals surface area contributed by atoms with E-state index in [9.17, 15) is 4.79 Å². The lowest BCUT2D eigenvalue weighted by atomic mass is 10.0. The second-order valence-electron chi connectivity index (χ2n) is 6.92. The molecule has 26 heavy (non-hydrogen) atoms. The highest BCUT2D eigenvalue weighted by molar-refractivity contribution is 5.94. The lowest BCUT2D eigenvalue weighted by molar-refractivity contribution is -0.133. The number of carbonyl (C=O) groups excluding carboxylic acids is 1. The van der Waals surface area contributed by atoms with Crippen molar-refractivity contribution in [3.8, 4) is 0 Å². The molecule has 4 rings (SSSR count). The lowest BCUT2D eigenvalue weighted by Crippen LogP contribution is -2.59. The second-order valence-corrected chi connectivity index (χ2v) is 6.92. The Kier molecular flexibility index (Phi) is 4.75. The molecule has 1 unspecified atom stereocenters. The van der Waals surface area contributed by atoms with E-state index in [1.54, 1.807) is 13.1 Å². The van der Waals surface area contributed by atoms with E-state index >= 15 is 0 Å². The summed E-state index contributed by atoms with van der Waals surface area (Å²) in [5, 5.41) is 10.8. The van der Waals surface area contributed by atoms with Crippen LogP contribution in [0.2, 0.25) is 0 Å². The van der Waals surface area contributed by atoms with Gasteiger partial charge in [0.25, 0.3) is 5.91 Å². The molecule has 9 heteroatoms. The summed E-state index contributed by atoms with van der Waals surface area (Å²) in [5.74, 6) is -0.0733. The van der Waals surface area contributed by atoms with Crippen LogP contribution in [0.5, 0.6) is 0 Å². The van der Waals surface area contributed by atoms with Crippen LogP contribution in [0.4, 0.5) is 0 Å². The van der Waals surface area contributed by atoms with Gasteiger partial charge in [-0.3, -0.25) is 14.8 Å². The fourth-order valence-electron chi connectivity index (χ4n) is 3.60. The number of aromatic nitrogens is 3. The summed E-state index contributed by atoms with van der Waals surface area (Å²) in [6.45, 7) is 6.64. The van der Waals surface area contributed by atoms with Crippen molar-refractivity contribution < 1.29 is 18.8 Å². The molecule has 4 heterocycles. The van der Waals surface area contributed by atoms with Gasteiger partial charge in [-0.1, -0.05) is 5.16 Å². The van der Waals surface area contributed by atoms with Crippen LogP contribution in [-0.4, -0.2) is 82.7 Å². The van der Waals surface area contributed by atoms with Crippen LogP contribution in [0.25, 0.3) is 0 Å². The number of hydrogen-bond donors (Lipinski definition) is 1. The average molecular weight is 361 g/mol. The maximum Gasteiger partial charge on any atom is 0.259 e. The molecule has 1 amide bonds. The summed E-state index contributed by atoms with van der Waals surface area (Å²) in [6.07, 6.45) is 3.16. The minimum atomic E-state index is -0.532. The summed E-state index contributed by atoms with van der Waals surface area (Å²) in [4.78, 5) is 16.9. The van der Waals surface area contributed by atoms with Crippen molar-refractivity contribution in [2.75, 3.05) is 46.0 Å². The number of H-pyrrole nitrogens is 1. The molecule has 0 aliphatic carbocycles. The molecule has 1 atom stereocenters. The molecule has 0 saturated carbocycles. The molecule has 2 aromatic rings. The number of aryl methyl sites for hydroxylation is 1. The second kappa shape index (κ2) is 7.18. The van der Waals surface area contributed by atoms with Gasteiger partial charge < -0.3 is 18.9 Å². The molecular formula is C17H23N5O4. The lowest BCUT2D eigenvalue weighted by Gasteiger charge is -2.43. The molecule has 1 spiro atoms. The summed E-state index contributed by atoms with van der Waals surface area (Å²) < 4.78 is 16.9. The van der Waals surface area contributed by atoms with E-state index in [4.69, 9.17) is 14.0 Å². The Morgan fingerprint density at radius 2 is 2.27 bits per heavy atom.